The predicted octanol–water partition coefficient (Wildman–Crippen LogP) is 1.07. The minimum atomic E-state index is -0.684. The molecule has 1 aromatic heterocycles. The van der Waals surface area contributed by atoms with Crippen LogP contribution in [-0.4, -0.2) is 14.7 Å². The van der Waals surface area contributed by atoms with Crippen LogP contribution in [0.25, 0.3) is 0 Å². The molecule has 4 nitrogen and oxygen atoms in total. The van der Waals surface area contributed by atoms with Crippen molar-refractivity contribution in [3.63, 3.8) is 0 Å². The van der Waals surface area contributed by atoms with Crippen LogP contribution >= 0.6 is 0 Å². The van der Waals surface area contributed by atoms with Crippen LogP contribution in [0.1, 0.15) is 5.56 Å². The van der Waals surface area contributed by atoms with E-state index in [-0.39, 0.29) is 18.0 Å². The van der Waals surface area contributed by atoms with E-state index in [0.717, 1.165) is 0 Å². The van der Waals surface area contributed by atoms with E-state index in [2.05, 4.69) is 4.98 Å². The molecule has 1 heterocycles. The van der Waals surface area contributed by atoms with E-state index in [0.29, 0.717) is 5.56 Å². The molecule has 0 saturated carbocycles. The number of phenolic OH excluding ortho intramolecular Hbond substituents is 1. The van der Waals surface area contributed by atoms with Crippen LogP contribution in [0.3, 0.4) is 0 Å². The smallest absolute Gasteiger partial charge is 0.325 e. The monoisotopic (exact) mass is 208 g/mol. The van der Waals surface area contributed by atoms with Crippen molar-refractivity contribution in [2.75, 3.05) is 0 Å². The lowest BCUT2D eigenvalue weighted by atomic mass is 10.2. The maximum absolute atomic E-state index is 13.0. The molecular weight excluding hydrogens is 199 g/mol. The highest BCUT2D eigenvalue weighted by atomic mass is 19.1. The van der Waals surface area contributed by atoms with E-state index >= 15 is 0 Å². The summed E-state index contributed by atoms with van der Waals surface area (Å²) < 4.78 is 14.4. The molecule has 1 aromatic carbocycles. The predicted molar refractivity (Wildman–Crippen MR) is 52.2 cm³/mol. The van der Waals surface area contributed by atoms with Gasteiger partial charge >= 0.3 is 5.69 Å². The highest BCUT2D eigenvalue weighted by Crippen LogP contribution is 2.16. The summed E-state index contributed by atoms with van der Waals surface area (Å²) in [5.74, 6) is -1.07. The van der Waals surface area contributed by atoms with Gasteiger partial charge in [-0.25, -0.2) is 9.18 Å². The number of imidazole rings is 1. The Bertz CT molecular complexity index is 530. The lowest BCUT2D eigenvalue weighted by Gasteiger charge is -2.02. The fourth-order valence-corrected chi connectivity index (χ4v) is 1.32. The average Bonchev–Trinajstić information content (AvgIpc) is 2.59. The summed E-state index contributed by atoms with van der Waals surface area (Å²) in [7, 11) is 0. The molecule has 2 N–H and O–H groups in total. The van der Waals surface area contributed by atoms with Crippen LogP contribution in [0.5, 0.6) is 5.75 Å². The maximum Gasteiger partial charge on any atom is 0.325 e. The summed E-state index contributed by atoms with van der Waals surface area (Å²) >= 11 is 0. The first-order chi connectivity index (χ1) is 7.16. The van der Waals surface area contributed by atoms with E-state index < -0.39 is 5.82 Å². The van der Waals surface area contributed by atoms with Gasteiger partial charge < -0.3 is 10.1 Å². The molecule has 15 heavy (non-hydrogen) atoms. The molecule has 0 radical (unpaired) electrons. The third kappa shape index (κ3) is 1.90. The molecule has 0 fully saturated rings. The number of hydrogen-bond donors (Lipinski definition) is 2. The van der Waals surface area contributed by atoms with Crippen molar-refractivity contribution in [3.8, 4) is 5.75 Å². The van der Waals surface area contributed by atoms with E-state index in [1.807, 2.05) is 0 Å². The molecule has 0 unspecified atom stereocenters. The number of phenols is 1. The molecule has 0 aliphatic heterocycles. The number of hydrogen-bond acceptors (Lipinski definition) is 2. The summed E-state index contributed by atoms with van der Waals surface area (Å²) in [6.45, 7) is 0.277. The first-order valence-corrected chi connectivity index (χ1v) is 4.38. The van der Waals surface area contributed by atoms with Gasteiger partial charge in [0.05, 0.1) is 6.54 Å². The molecule has 2 aromatic rings. The molecule has 0 saturated heterocycles. The van der Waals surface area contributed by atoms with E-state index in [4.69, 9.17) is 5.11 Å². The number of H-pyrrole nitrogens is 1. The van der Waals surface area contributed by atoms with Crippen molar-refractivity contribution < 1.29 is 9.50 Å². The molecule has 0 aliphatic rings. The Hall–Kier alpha value is -2.04. The molecule has 2 rings (SSSR count). The van der Waals surface area contributed by atoms with Crippen LogP contribution in [0.15, 0.2) is 35.4 Å². The van der Waals surface area contributed by atoms with Gasteiger partial charge in [-0.15, -0.1) is 0 Å². The second-order valence-corrected chi connectivity index (χ2v) is 3.18. The number of nitrogens with one attached hydrogen (secondary N) is 1. The molecule has 0 spiro atoms. The maximum atomic E-state index is 13.0. The number of aromatic amines is 1. The third-order valence-electron chi connectivity index (χ3n) is 2.09. The van der Waals surface area contributed by atoms with Crippen molar-refractivity contribution in [2.24, 2.45) is 0 Å². The number of halogens is 1. The van der Waals surface area contributed by atoms with Gasteiger partial charge in [0.15, 0.2) is 11.6 Å². The molecule has 78 valence electrons. The zero-order valence-electron chi connectivity index (χ0n) is 7.77. The lowest BCUT2D eigenvalue weighted by Crippen LogP contribution is -2.16. The van der Waals surface area contributed by atoms with Crippen LogP contribution in [0.2, 0.25) is 0 Å². The molecule has 0 atom stereocenters. The van der Waals surface area contributed by atoms with Gasteiger partial charge in [0.2, 0.25) is 0 Å². The summed E-state index contributed by atoms with van der Waals surface area (Å²) in [6, 6.07) is 4.04. The first kappa shape index (κ1) is 9.51. The van der Waals surface area contributed by atoms with Gasteiger partial charge in [-0.1, -0.05) is 6.07 Å². The summed E-state index contributed by atoms with van der Waals surface area (Å²) in [5.41, 5.74) is 0.371. The summed E-state index contributed by atoms with van der Waals surface area (Å²) in [5, 5.41) is 8.97. The number of rotatable bonds is 2. The Kier molecular flexibility index (Phi) is 2.29. The molecule has 0 aliphatic carbocycles. The largest absolute Gasteiger partial charge is 0.505 e. The van der Waals surface area contributed by atoms with Crippen LogP contribution < -0.4 is 5.69 Å². The van der Waals surface area contributed by atoms with Crippen molar-refractivity contribution in [3.05, 3.63) is 52.5 Å². The van der Waals surface area contributed by atoms with Gasteiger partial charge in [-0.2, -0.15) is 0 Å². The minimum Gasteiger partial charge on any atom is -0.505 e. The summed E-state index contributed by atoms with van der Waals surface area (Å²) in [6.07, 6.45) is 3.09. The van der Waals surface area contributed by atoms with Crippen LogP contribution in [-0.2, 0) is 6.54 Å². The number of aromatic hydroxyl groups is 1. The van der Waals surface area contributed by atoms with Crippen molar-refractivity contribution >= 4 is 0 Å². The number of aromatic nitrogens is 2. The zero-order chi connectivity index (χ0) is 10.8. The van der Waals surface area contributed by atoms with E-state index in [9.17, 15) is 9.18 Å². The Morgan fingerprint density at radius 1 is 1.47 bits per heavy atom. The fraction of sp³-hybridized carbons (Fsp3) is 0.100. The number of nitrogens with zero attached hydrogens (tertiary/aromatic N) is 1. The van der Waals surface area contributed by atoms with E-state index in [1.54, 1.807) is 12.3 Å². The Morgan fingerprint density at radius 3 is 2.87 bits per heavy atom. The fourth-order valence-electron chi connectivity index (χ4n) is 1.32. The van der Waals surface area contributed by atoms with Gasteiger partial charge in [0, 0.05) is 12.4 Å². The van der Waals surface area contributed by atoms with Crippen LogP contribution in [0, 0.1) is 5.82 Å². The SMILES string of the molecule is O=c1[nH]ccn1Cc1ccc(O)c(F)c1. The summed E-state index contributed by atoms with van der Waals surface area (Å²) in [4.78, 5) is 13.6. The van der Waals surface area contributed by atoms with E-state index in [1.165, 1.54) is 22.9 Å². The van der Waals surface area contributed by atoms with Gasteiger partial charge in [-0.05, 0) is 17.7 Å². The Balaban J connectivity index is 2.29. The quantitative estimate of drug-likeness (QED) is 0.775. The topological polar surface area (TPSA) is 58.0 Å². The Morgan fingerprint density at radius 2 is 2.27 bits per heavy atom. The van der Waals surface area contributed by atoms with Gasteiger partial charge in [0.25, 0.3) is 0 Å². The van der Waals surface area contributed by atoms with Gasteiger partial charge in [0.1, 0.15) is 0 Å². The second-order valence-electron chi connectivity index (χ2n) is 3.18. The first-order valence-electron chi connectivity index (χ1n) is 4.38. The second kappa shape index (κ2) is 3.61. The third-order valence-corrected chi connectivity index (χ3v) is 2.09. The minimum absolute atomic E-state index is 0.247. The normalized spacial score (nSPS) is 10.5. The standard InChI is InChI=1S/C10H9FN2O2/c11-8-5-7(1-2-9(8)14)6-13-4-3-12-10(13)15/h1-5,14H,6H2,(H,12,15). The van der Waals surface area contributed by atoms with Crippen LogP contribution in [0.4, 0.5) is 4.39 Å². The van der Waals surface area contributed by atoms with Crippen molar-refractivity contribution in [2.45, 2.75) is 6.54 Å². The van der Waals surface area contributed by atoms with Crippen molar-refractivity contribution in [1.29, 1.82) is 0 Å². The highest BCUT2D eigenvalue weighted by Gasteiger charge is 2.03. The van der Waals surface area contributed by atoms with Gasteiger partial charge in [-0.3, -0.25) is 4.57 Å². The molecule has 0 amide bonds. The highest BCUT2D eigenvalue weighted by molar-refractivity contribution is 5.28. The average molecular weight is 208 g/mol. The molecule has 0 bridgehead atoms. The lowest BCUT2D eigenvalue weighted by molar-refractivity contribution is 0.431. The molecule has 5 heteroatoms. The molecular formula is C10H9FN2O2. The Labute approximate surface area is 84.6 Å². The number of benzene rings is 1. The zero-order valence-corrected chi connectivity index (χ0v) is 7.77. The van der Waals surface area contributed by atoms with Crippen molar-refractivity contribution in [1.82, 2.24) is 9.55 Å².